The highest BCUT2D eigenvalue weighted by Gasteiger charge is 2.08. The maximum absolute atomic E-state index is 11.5. The van der Waals surface area contributed by atoms with Gasteiger partial charge in [-0.2, -0.15) is 0 Å². The molecule has 1 rings (SSSR count). The lowest BCUT2D eigenvalue weighted by atomic mass is 10.1. The molecule has 1 amide bonds. The second kappa shape index (κ2) is 5.30. The van der Waals surface area contributed by atoms with Gasteiger partial charge in [-0.1, -0.05) is 32.0 Å². The SMILES string of the molecule is CC(C)CC(=O)Nc1ccccc1C(=O)[O-]. The summed E-state index contributed by atoms with van der Waals surface area (Å²) in [7, 11) is 0. The monoisotopic (exact) mass is 220 g/mol. The molecule has 0 saturated heterocycles. The van der Waals surface area contributed by atoms with Crippen molar-refractivity contribution in [1.82, 2.24) is 0 Å². The van der Waals surface area contributed by atoms with E-state index in [-0.39, 0.29) is 23.1 Å². The van der Waals surface area contributed by atoms with E-state index in [0.29, 0.717) is 6.42 Å². The lowest BCUT2D eigenvalue weighted by molar-refractivity contribution is -0.254. The second-order valence-electron chi connectivity index (χ2n) is 3.98. The largest absolute Gasteiger partial charge is 0.545 e. The predicted octanol–water partition coefficient (Wildman–Crippen LogP) is 1.03. The van der Waals surface area contributed by atoms with Gasteiger partial charge in [0.1, 0.15) is 0 Å². The molecule has 0 unspecified atom stereocenters. The average Bonchev–Trinajstić information content (AvgIpc) is 2.16. The number of nitrogens with one attached hydrogen (secondary N) is 1. The van der Waals surface area contributed by atoms with Gasteiger partial charge in [0.25, 0.3) is 0 Å². The molecule has 1 aromatic rings. The van der Waals surface area contributed by atoms with E-state index in [4.69, 9.17) is 0 Å². The molecule has 0 atom stereocenters. The fourth-order valence-corrected chi connectivity index (χ4v) is 1.34. The van der Waals surface area contributed by atoms with Gasteiger partial charge in [-0.05, 0) is 12.0 Å². The van der Waals surface area contributed by atoms with Gasteiger partial charge >= 0.3 is 0 Å². The first-order valence-corrected chi connectivity index (χ1v) is 5.11. The third-order valence-electron chi connectivity index (χ3n) is 2.01. The molecule has 0 spiro atoms. The fraction of sp³-hybridized carbons (Fsp3) is 0.333. The zero-order valence-electron chi connectivity index (χ0n) is 9.32. The Morgan fingerprint density at radius 1 is 1.31 bits per heavy atom. The van der Waals surface area contributed by atoms with Crippen LogP contribution >= 0.6 is 0 Å². The van der Waals surface area contributed by atoms with Crippen molar-refractivity contribution in [2.24, 2.45) is 5.92 Å². The van der Waals surface area contributed by atoms with Crippen LogP contribution in [-0.2, 0) is 4.79 Å². The zero-order chi connectivity index (χ0) is 12.1. The molecular weight excluding hydrogens is 206 g/mol. The van der Waals surface area contributed by atoms with Crippen molar-refractivity contribution in [3.63, 3.8) is 0 Å². The topological polar surface area (TPSA) is 69.2 Å². The molecule has 16 heavy (non-hydrogen) atoms. The van der Waals surface area contributed by atoms with Crippen LogP contribution < -0.4 is 10.4 Å². The van der Waals surface area contributed by atoms with E-state index >= 15 is 0 Å². The minimum atomic E-state index is -1.29. The van der Waals surface area contributed by atoms with E-state index in [1.165, 1.54) is 6.07 Å². The summed E-state index contributed by atoms with van der Waals surface area (Å²) in [6.45, 7) is 3.84. The molecule has 0 heterocycles. The number of aromatic carboxylic acids is 1. The number of rotatable bonds is 4. The summed E-state index contributed by atoms with van der Waals surface area (Å²) in [5, 5.41) is 13.3. The van der Waals surface area contributed by atoms with Crippen LogP contribution in [0, 0.1) is 5.92 Å². The van der Waals surface area contributed by atoms with Gasteiger partial charge in [0, 0.05) is 17.7 Å². The van der Waals surface area contributed by atoms with E-state index in [2.05, 4.69) is 5.32 Å². The van der Waals surface area contributed by atoms with Crippen LogP contribution in [0.4, 0.5) is 5.69 Å². The van der Waals surface area contributed by atoms with Crippen LogP contribution in [0.1, 0.15) is 30.6 Å². The highest BCUT2D eigenvalue weighted by atomic mass is 16.4. The summed E-state index contributed by atoms with van der Waals surface area (Å²) < 4.78 is 0. The molecule has 0 aliphatic carbocycles. The second-order valence-corrected chi connectivity index (χ2v) is 3.98. The molecule has 86 valence electrons. The van der Waals surface area contributed by atoms with Gasteiger partial charge in [-0.3, -0.25) is 4.79 Å². The van der Waals surface area contributed by atoms with Gasteiger partial charge in [-0.25, -0.2) is 0 Å². The van der Waals surface area contributed by atoms with Crippen LogP contribution in [0.15, 0.2) is 24.3 Å². The number of hydrogen-bond donors (Lipinski definition) is 1. The predicted molar refractivity (Wildman–Crippen MR) is 58.9 cm³/mol. The Bertz CT molecular complexity index is 399. The molecule has 0 aliphatic rings. The number of benzene rings is 1. The highest BCUT2D eigenvalue weighted by Crippen LogP contribution is 2.15. The van der Waals surface area contributed by atoms with Crippen molar-refractivity contribution in [2.45, 2.75) is 20.3 Å². The van der Waals surface area contributed by atoms with Crippen LogP contribution in [0.2, 0.25) is 0 Å². The van der Waals surface area contributed by atoms with Crippen molar-refractivity contribution in [3.8, 4) is 0 Å². The van der Waals surface area contributed by atoms with Gasteiger partial charge < -0.3 is 15.2 Å². The number of carboxylic acids is 1. The molecule has 4 heteroatoms. The van der Waals surface area contributed by atoms with E-state index in [0.717, 1.165) is 0 Å². The molecule has 0 fully saturated rings. The van der Waals surface area contributed by atoms with Gasteiger partial charge in [-0.15, -0.1) is 0 Å². The van der Waals surface area contributed by atoms with Crippen molar-refractivity contribution < 1.29 is 14.7 Å². The quantitative estimate of drug-likeness (QED) is 0.824. The van der Waals surface area contributed by atoms with Crippen LogP contribution in [-0.4, -0.2) is 11.9 Å². The number of carbonyl (C=O) groups excluding carboxylic acids is 2. The molecule has 1 N–H and O–H groups in total. The summed E-state index contributed by atoms with van der Waals surface area (Å²) in [5.41, 5.74) is 0.285. The zero-order valence-corrected chi connectivity index (χ0v) is 9.32. The number of carboxylic acid groups (broad SMARTS) is 1. The van der Waals surface area contributed by atoms with E-state index in [9.17, 15) is 14.7 Å². The van der Waals surface area contributed by atoms with E-state index in [1.54, 1.807) is 18.2 Å². The minimum absolute atomic E-state index is 0.000365. The Morgan fingerprint density at radius 3 is 2.50 bits per heavy atom. The van der Waals surface area contributed by atoms with Crippen molar-refractivity contribution in [2.75, 3.05) is 5.32 Å². The van der Waals surface area contributed by atoms with Crippen LogP contribution in [0.25, 0.3) is 0 Å². The third-order valence-corrected chi connectivity index (χ3v) is 2.01. The summed E-state index contributed by atoms with van der Waals surface area (Å²) in [6.07, 6.45) is 0.362. The Labute approximate surface area is 94.3 Å². The number of amides is 1. The van der Waals surface area contributed by atoms with E-state index in [1.807, 2.05) is 13.8 Å². The lowest BCUT2D eigenvalue weighted by Crippen LogP contribution is -2.25. The normalized spacial score (nSPS) is 10.2. The summed E-state index contributed by atoms with van der Waals surface area (Å²) in [6, 6.07) is 6.20. The molecule has 0 saturated carbocycles. The molecule has 4 nitrogen and oxygen atoms in total. The lowest BCUT2D eigenvalue weighted by Gasteiger charge is -2.12. The van der Waals surface area contributed by atoms with E-state index < -0.39 is 5.97 Å². The average molecular weight is 220 g/mol. The number of anilines is 1. The van der Waals surface area contributed by atoms with Crippen LogP contribution in [0.5, 0.6) is 0 Å². The molecular formula is C12H14NO3-. The molecule has 0 aromatic heterocycles. The maximum Gasteiger partial charge on any atom is 0.224 e. The number of carbonyl (C=O) groups is 2. The third kappa shape index (κ3) is 3.38. The smallest absolute Gasteiger partial charge is 0.224 e. The van der Waals surface area contributed by atoms with Crippen molar-refractivity contribution >= 4 is 17.6 Å². The van der Waals surface area contributed by atoms with Crippen molar-refractivity contribution in [3.05, 3.63) is 29.8 Å². The summed E-state index contributed by atoms with van der Waals surface area (Å²) in [5.74, 6) is -1.25. The Hall–Kier alpha value is -1.84. The minimum Gasteiger partial charge on any atom is -0.545 e. The molecule has 0 aliphatic heterocycles. The summed E-state index contributed by atoms with van der Waals surface area (Å²) >= 11 is 0. The maximum atomic E-state index is 11.5. The molecule has 1 aromatic carbocycles. The fourth-order valence-electron chi connectivity index (χ4n) is 1.34. The highest BCUT2D eigenvalue weighted by molar-refractivity contribution is 5.99. The standard InChI is InChI=1S/C12H15NO3/c1-8(2)7-11(14)13-10-6-4-3-5-9(10)12(15)16/h3-6,8H,7H2,1-2H3,(H,13,14)(H,15,16)/p-1. The Kier molecular flexibility index (Phi) is 4.05. The number of hydrogen-bond acceptors (Lipinski definition) is 3. The first kappa shape index (κ1) is 12.2. The Morgan fingerprint density at radius 2 is 1.94 bits per heavy atom. The summed E-state index contributed by atoms with van der Waals surface area (Å²) in [4.78, 5) is 22.2. The van der Waals surface area contributed by atoms with Crippen molar-refractivity contribution in [1.29, 1.82) is 0 Å². The van der Waals surface area contributed by atoms with Gasteiger partial charge in [0.2, 0.25) is 5.91 Å². The van der Waals surface area contributed by atoms with Gasteiger partial charge in [0.15, 0.2) is 0 Å². The molecule has 0 radical (unpaired) electrons. The first-order chi connectivity index (χ1) is 7.50. The first-order valence-electron chi connectivity index (χ1n) is 5.11. The van der Waals surface area contributed by atoms with Gasteiger partial charge in [0.05, 0.1) is 5.97 Å². The Balaban J connectivity index is 2.81. The van der Waals surface area contributed by atoms with Crippen LogP contribution in [0.3, 0.4) is 0 Å². The number of para-hydroxylation sites is 1. The molecule has 0 bridgehead atoms.